The fourth-order valence-electron chi connectivity index (χ4n) is 1.05. The summed E-state index contributed by atoms with van der Waals surface area (Å²) in [5, 5.41) is 8.79. The molecular formula is C11H24O5. The van der Waals surface area contributed by atoms with Gasteiger partial charge in [-0.05, 0) is 19.8 Å². The van der Waals surface area contributed by atoms with Gasteiger partial charge in [0, 0.05) is 33.5 Å². The normalized spacial score (nSPS) is 12.9. The van der Waals surface area contributed by atoms with Crippen LogP contribution in [-0.4, -0.2) is 58.1 Å². The van der Waals surface area contributed by atoms with E-state index in [9.17, 15) is 0 Å². The third-order valence-electron chi connectivity index (χ3n) is 1.80. The van der Waals surface area contributed by atoms with Gasteiger partial charge in [-0.3, -0.25) is 0 Å². The Morgan fingerprint density at radius 1 is 0.875 bits per heavy atom. The van der Waals surface area contributed by atoms with Gasteiger partial charge in [0.15, 0.2) is 6.29 Å². The summed E-state index contributed by atoms with van der Waals surface area (Å²) in [6, 6.07) is 0. The van der Waals surface area contributed by atoms with Gasteiger partial charge >= 0.3 is 0 Å². The van der Waals surface area contributed by atoms with E-state index >= 15 is 0 Å². The highest BCUT2D eigenvalue weighted by atomic mass is 16.6. The molecule has 1 atom stereocenters. The van der Waals surface area contributed by atoms with Gasteiger partial charge in [0.1, 0.15) is 0 Å². The number of hydrogen-bond acceptors (Lipinski definition) is 5. The summed E-state index contributed by atoms with van der Waals surface area (Å²) >= 11 is 0. The predicted molar refractivity (Wildman–Crippen MR) is 60.4 cm³/mol. The molecule has 0 aliphatic heterocycles. The van der Waals surface area contributed by atoms with Gasteiger partial charge in [0.2, 0.25) is 0 Å². The Hall–Kier alpha value is -0.200. The highest BCUT2D eigenvalue weighted by molar-refractivity contribution is 4.38. The molecule has 0 aliphatic rings. The Labute approximate surface area is 97.6 Å². The van der Waals surface area contributed by atoms with E-state index in [-0.39, 0.29) is 0 Å². The second-order valence-corrected chi connectivity index (χ2v) is 3.39. The lowest BCUT2D eigenvalue weighted by Crippen LogP contribution is -2.12. The van der Waals surface area contributed by atoms with Crippen LogP contribution < -0.4 is 0 Å². The minimum atomic E-state index is -0.715. The molecule has 0 aromatic rings. The molecule has 0 aromatic carbocycles. The fraction of sp³-hybridized carbons (Fsp3) is 1.00. The van der Waals surface area contributed by atoms with Crippen LogP contribution >= 0.6 is 0 Å². The van der Waals surface area contributed by atoms with E-state index < -0.39 is 6.29 Å². The average molecular weight is 236 g/mol. The second kappa shape index (κ2) is 12.9. The topological polar surface area (TPSA) is 57.2 Å². The van der Waals surface area contributed by atoms with Crippen molar-refractivity contribution in [2.24, 2.45) is 0 Å². The summed E-state index contributed by atoms with van der Waals surface area (Å²) in [4.78, 5) is 0. The van der Waals surface area contributed by atoms with Crippen LogP contribution in [0.3, 0.4) is 0 Å². The first-order valence-electron chi connectivity index (χ1n) is 5.71. The largest absolute Gasteiger partial charge is 0.385 e. The second-order valence-electron chi connectivity index (χ2n) is 3.39. The molecule has 0 fully saturated rings. The van der Waals surface area contributed by atoms with Crippen molar-refractivity contribution in [1.82, 2.24) is 0 Å². The quantitative estimate of drug-likeness (QED) is 0.401. The average Bonchev–Trinajstić information content (AvgIpc) is 2.25. The first-order chi connectivity index (χ1) is 7.77. The lowest BCUT2D eigenvalue weighted by Gasteiger charge is -2.07. The van der Waals surface area contributed by atoms with E-state index in [1.165, 1.54) is 0 Å². The first kappa shape index (κ1) is 15.8. The zero-order valence-electron chi connectivity index (χ0n) is 10.3. The highest BCUT2D eigenvalue weighted by Gasteiger charge is 1.94. The third kappa shape index (κ3) is 13.8. The molecule has 0 saturated heterocycles. The zero-order valence-corrected chi connectivity index (χ0v) is 10.3. The maximum Gasteiger partial charge on any atom is 0.151 e. The Balaban J connectivity index is 2.88. The van der Waals surface area contributed by atoms with Crippen molar-refractivity contribution >= 4 is 0 Å². The van der Waals surface area contributed by atoms with Gasteiger partial charge in [-0.2, -0.15) is 0 Å². The molecule has 0 spiro atoms. The van der Waals surface area contributed by atoms with Crippen molar-refractivity contribution < 1.29 is 24.1 Å². The van der Waals surface area contributed by atoms with E-state index in [1.807, 2.05) is 0 Å². The van der Waals surface area contributed by atoms with E-state index in [1.54, 1.807) is 14.0 Å². The number of rotatable bonds is 12. The van der Waals surface area contributed by atoms with Crippen LogP contribution in [0.1, 0.15) is 19.8 Å². The van der Waals surface area contributed by atoms with Crippen molar-refractivity contribution in [2.75, 3.05) is 46.8 Å². The lowest BCUT2D eigenvalue weighted by atomic mass is 10.4. The molecule has 0 bridgehead atoms. The van der Waals surface area contributed by atoms with Gasteiger partial charge in [0.25, 0.3) is 0 Å². The van der Waals surface area contributed by atoms with Crippen LogP contribution in [0.5, 0.6) is 0 Å². The van der Waals surface area contributed by atoms with Crippen molar-refractivity contribution in [3.05, 3.63) is 0 Å². The maximum atomic E-state index is 8.79. The van der Waals surface area contributed by atoms with E-state index in [0.717, 1.165) is 26.1 Å². The number of ether oxygens (including phenoxy) is 4. The van der Waals surface area contributed by atoms with Gasteiger partial charge in [-0.1, -0.05) is 0 Å². The minimum Gasteiger partial charge on any atom is -0.385 e. The van der Waals surface area contributed by atoms with Crippen LogP contribution in [0, 0.1) is 0 Å². The van der Waals surface area contributed by atoms with Crippen LogP contribution in [0.25, 0.3) is 0 Å². The Kier molecular flexibility index (Phi) is 12.7. The van der Waals surface area contributed by atoms with E-state index in [4.69, 9.17) is 24.1 Å². The highest BCUT2D eigenvalue weighted by Crippen LogP contribution is 1.89. The third-order valence-corrected chi connectivity index (χ3v) is 1.80. The molecule has 0 radical (unpaired) electrons. The maximum absolute atomic E-state index is 8.79. The minimum absolute atomic E-state index is 0.423. The van der Waals surface area contributed by atoms with Crippen molar-refractivity contribution in [3.8, 4) is 0 Å². The monoisotopic (exact) mass is 236 g/mol. The van der Waals surface area contributed by atoms with Crippen LogP contribution in [0.4, 0.5) is 0 Å². The molecule has 98 valence electrons. The van der Waals surface area contributed by atoms with Crippen LogP contribution in [0.2, 0.25) is 0 Å². The standard InChI is InChI=1S/C11H24O5/c1-11(12)16-10-9-15-8-4-7-14-6-3-5-13-2/h11-12H,3-10H2,1-2H3. The van der Waals surface area contributed by atoms with Gasteiger partial charge in [-0.15, -0.1) is 0 Å². The summed E-state index contributed by atoms with van der Waals surface area (Å²) in [7, 11) is 1.68. The first-order valence-corrected chi connectivity index (χ1v) is 5.71. The van der Waals surface area contributed by atoms with Crippen LogP contribution in [0.15, 0.2) is 0 Å². The zero-order chi connectivity index (χ0) is 12.1. The van der Waals surface area contributed by atoms with Gasteiger partial charge in [0.05, 0.1) is 13.2 Å². The van der Waals surface area contributed by atoms with E-state index in [0.29, 0.717) is 26.4 Å². The summed E-state index contributed by atoms with van der Waals surface area (Å²) in [6.45, 7) is 5.36. The number of aliphatic hydroxyl groups is 1. The molecule has 0 heterocycles. The SMILES string of the molecule is COCCCOCCCOCCOC(C)O. The molecule has 1 unspecified atom stereocenters. The van der Waals surface area contributed by atoms with E-state index in [2.05, 4.69) is 0 Å². The molecule has 16 heavy (non-hydrogen) atoms. The Bertz CT molecular complexity index is 130. The molecule has 0 saturated carbocycles. The fourth-order valence-corrected chi connectivity index (χ4v) is 1.05. The number of hydrogen-bond donors (Lipinski definition) is 1. The predicted octanol–water partition coefficient (Wildman–Crippen LogP) is 0.801. The lowest BCUT2D eigenvalue weighted by molar-refractivity contribution is -0.0999. The molecular weight excluding hydrogens is 212 g/mol. The summed E-state index contributed by atoms with van der Waals surface area (Å²) in [5.74, 6) is 0. The number of methoxy groups -OCH3 is 1. The Morgan fingerprint density at radius 2 is 1.44 bits per heavy atom. The number of aliphatic hydroxyl groups excluding tert-OH is 1. The molecule has 1 N–H and O–H groups in total. The van der Waals surface area contributed by atoms with Crippen LogP contribution in [-0.2, 0) is 18.9 Å². The molecule has 5 heteroatoms. The van der Waals surface area contributed by atoms with Crippen molar-refractivity contribution in [2.45, 2.75) is 26.1 Å². The summed E-state index contributed by atoms with van der Waals surface area (Å²) in [5.41, 5.74) is 0. The molecule has 0 aliphatic carbocycles. The Morgan fingerprint density at radius 3 is 2.00 bits per heavy atom. The van der Waals surface area contributed by atoms with Gasteiger partial charge in [-0.25, -0.2) is 0 Å². The molecule has 0 amide bonds. The smallest absolute Gasteiger partial charge is 0.151 e. The van der Waals surface area contributed by atoms with Gasteiger partial charge < -0.3 is 24.1 Å². The van der Waals surface area contributed by atoms with Crippen molar-refractivity contribution in [3.63, 3.8) is 0 Å². The summed E-state index contributed by atoms with van der Waals surface area (Å²) in [6.07, 6.45) is 1.09. The molecule has 0 rings (SSSR count). The van der Waals surface area contributed by atoms with Crippen molar-refractivity contribution in [1.29, 1.82) is 0 Å². The molecule has 5 nitrogen and oxygen atoms in total. The summed E-state index contributed by atoms with van der Waals surface area (Å²) < 4.78 is 20.4. The molecule has 0 aromatic heterocycles.